The molecular weight excluding hydrogens is 314 g/mol. The minimum atomic E-state index is -3.34. The van der Waals surface area contributed by atoms with Crippen LogP contribution in [0.25, 0.3) is 0 Å². The van der Waals surface area contributed by atoms with Gasteiger partial charge in [-0.15, -0.1) is 0 Å². The molecule has 0 spiro atoms. The molecule has 1 aliphatic carbocycles. The van der Waals surface area contributed by atoms with Crippen LogP contribution in [0.15, 0.2) is 29.2 Å². The van der Waals surface area contributed by atoms with Gasteiger partial charge in [0.1, 0.15) is 0 Å². The molecule has 1 unspecified atom stereocenters. The Morgan fingerprint density at radius 3 is 2.61 bits per heavy atom. The number of nitrogens with zero attached hydrogens (tertiary/aromatic N) is 1. The monoisotopic (exact) mass is 337 g/mol. The molecule has 0 saturated heterocycles. The number of hydrogen-bond acceptors (Lipinski definition) is 4. The van der Waals surface area contributed by atoms with Crippen molar-refractivity contribution in [2.45, 2.75) is 55.1 Å². The van der Waals surface area contributed by atoms with E-state index in [-0.39, 0.29) is 18.1 Å². The molecule has 3 rings (SSSR count). The molecule has 1 saturated carbocycles. The summed E-state index contributed by atoms with van der Waals surface area (Å²) < 4.78 is 24.5. The quantitative estimate of drug-likeness (QED) is 0.916. The Hall–Kier alpha value is -1.40. The third kappa shape index (κ3) is 3.15. The molecule has 1 aliphatic heterocycles. The molecule has 0 aromatic heterocycles. The minimum Gasteiger partial charge on any atom is -0.389 e. The second-order valence-corrected chi connectivity index (χ2v) is 8.80. The van der Waals surface area contributed by atoms with Gasteiger partial charge in [0.05, 0.1) is 28.7 Å². The van der Waals surface area contributed by atoms with Crippen molar-refractivity contribution in [2.24, 2.45) is 0 Å². The number of hydrogen-bond donors (Lipinski definition) is 1. The van der Waals surface area contributed by atoms with Crippen molar-refractivity contribution in [1.29, 1.82) is 0 Å². The lowest BCUT2D eigenvalue weighted by molar-refractivity contribution is -0.138. The van der Waals surface area contributed by atoms with Crippen LogP contribution in [0.2, 0.25) is 0 Å². The summed E-state index contributed by atoms with van der Waals surface area (Å²) in [5.74, 6) is -0.265. The zero-order chi connectivity index (χ0) is 16.7. The van der Waals surface area contributed by atoms with E-state index in [9.17, 15) is 18.3 Å². The summed E-state index contributed by atoms with van der Waals surface area (Å²) in [4.78, 5) is 14.4. The summed E-state index contributed by atoms with van der Waals surface area (Å²) in [7, 11) is -1.70. The van der Waals surface area contributed by atoms with Gasteiger partial charge >= 0.3 is 0 Å². The summed E-state index contributed by atoms with van der Waals surface area (Å²) >= 11 is 0. The van der Waals surface area contributed by atoms with Gasteiger partial charge in [-0.3, -0.25) is 4.79 Å². The van der Waals surface area contributed by atoms with E-state index < -0.39 is 21.5 Å². The van der Waals surface area contributed by atoms with Crippen LogP contribution >= 0.6 is 0 Å². The topological polar surface area (TPSA) is 74.7 Å². The molecule has 5 nitrogen and oxygen atoms in total. The second kappa shape index (κ2) is 5.91. The average Bonchev–Trinajstić information content (AvgIpc) is 2.79. The Morgan fingerprint density at radius 1 is 1.26 bits per heavy atom. The standard InChI is InChI=1S/C17H23NO4S/c1-18(16(19)11-17(20)9-5-2-6-10-17)14-12-23(21,22)15-8-4-3-7-13(14)15/h3-4,7-8,14,20H,2,5-6,9-12H2,1H3. The highest BCUT2D eigenvalue weighted by atomic mass is 32.2. The molecule has 1 N–H and O–H groups in total. The van der Waals surface area contributed by atoms with Crippen LogP contribution in [0.4, 0.5) is 0 Å². The molecule has 1 fully saturated rings. The molecule has 2 aliphatic rings. The summed E-state index contributed by atoms with van der Waals surface area (Å²) in [6.07, 6.45) is 4.34. The molecule has 1 aromatic carbocycles. The van der Waals surface area contributed by atoms with Gasteiger partial charge in [0.25, 0.3) is 0 Å². The fourth-order valence-corrected chi connectivity index (χ4v) is 5.56. The van der Waals surface area contributed by atoms with E-state index in [0.29, 0.717) is 23.3 Å². The maximum atomic E-state index is 12.6. The fraction of sp³-hybridized carbons (Fsp3) is 0.588. The predicted octanol–water partition coefficient (Wildman–Crippen LogP) is 2.06. The number of sulfone groups is 1. The van der Waals surface area contributed by atoms with Crippen molar-refractivity contribution in [3.05, 3.63) is 29.8 Å². The van der Waals surface area contributed by atoms with E-state index in [0.717, 1.165) is 19.3 Å². The van der Waals surface area contributed by atoms with Gasteiger partial charge in [-0.1, -0.05) is 37.5 Å². The summed E-state index contributed by atoms with van der Waals surface area (Å²) in [6.45, 7) is 0. The highest BCUT2D eigenvalue weighted by Crippen LogP contribution is 2.38. The van der Waals surface area contributed by atoms with Crippen LogP contribution in [0, 0.1) is 0 Å². The first-order chi connectivity index (χ1) is 10.8. The highest BCUT2D eigenvalue weighted by molar-refractivity contribution is 7.91. The Bertz CT molecular complexity index is 707. The van der Waals surface area contributed by atoms with E-state index in [1.807, 2.05) is 0 Å². The first-order valence-electron chi connectivity index (χ1n) is 8.12. The van der Waals surface area contributed by atoms with E-state index >= 15 is 0 Å². The first kappa shape index (κ1) is 16.5. The van der Waals surface area contributed by atoms with Gasteiger partial charge in [-0.25, -0.2) is 8.42 Å². The van der Waals surface area contributed by atoms with Gasteiger partial charge in [0.2, 0.25) is 5.91 Å². The van der Waals surface area contributed by atoms with E-state index in [2.05, 4.69) is 0 Å². The number of carbonyl (C=O) groups excluding carboxylic acids is 1. The van der Waals surface area contributed by atoms with Crippen LogP contribution < -0.4 is 0 Å². The van der Waals surface area contributed by atoms with Crippen LogP contribution in [0.3, 0.4) is 0 Å². The van der Waals surface area contributed by atoms with Crippen LogP contribution in [-0.4, -0.2) is 42.7 Å². The highest BCUT2D eigenvalue weighted by Gasteiger charge is 2.40. The van der Waals surface area contributed by atoms with Crippen molar-refractivity contribution >= 4 is 15.7 Å². The number of amides is 1. The number of rotatable bonds is 3. The first-order valence-corrected chi connectivity index (χ1v) is 9.77. The lowest BCUT2D eigenvalue weighted by Gasteiger charge is -2.34. The number of fused-ring (bicyclic) bond motifs is 1. The van der Waals surface area contributed by atoms with E-state index in [1.165, 1.54) is 4.90 Å². The largest absolute Gasteiger partial charge is 0.389 e. The molecule has 0 bridgehead atoms. The van der Waals surface area contributed by atoms with Crippen molar-refractivity contribution in [2.75, 3.05) is 12.8 Å². The van der Waals surface area contributed by atoms with Gasteiger partial charge in [-0.05, 0) is 24.5 Å². The van der Waals surface area contributed by atoms with Crippen molar-refractivity contribution in [3.63, 3.8) is 0 Å². The van der Waals surface area contributed by atoms with E-state index in [4.69, 9.17) is 0 Å². The van der Waals surface area contributed by atoms with Crippen molar-refractivity contribution in [1.82, 2.24) is 4.90 Å². The van der Waals surface area contributed by atoms with E-state index in [1.54, 1.807) is 31.3 Å². The minimum absolute atomic E-state index is 0.0716. The van der Waals surface area contributed by atoms with Crippen LogP contribution in [0.1, 0.15) is 50.1 Å². The molecule has 6 heteroatoms. The molecule has 126 valence electrons. The summed E-state index contributed by atoms with van der Waals surface area (Å²) in [5.41, 5.74) is -0.250. The normalized spacial score (nSPS) is 24.9. The van der Waals surface area contributed by atoms with Gasteiger partial charge < -0.3 is 10.0 Å². The Morgan fingerprint density at radius 2 is 1.91 bits per heavy atom. The number of benzene rings is 1. The third-order valence-corrected chi connectivity index (χ3v) is 6.91. The van der Waals surface area contributed by atoms with Gasteiger partial charge in [0, 0.05) is 7.05 Å². The SMILES string of the molecule is CN(C(=O)CC1(O)CCCCC1)C1CS(=O)(=O)c2ccccc21. The summed E-state index contributed by atoms with van der Waals surface area (Å²) in [5, 5.41) is 10.6. The average molecular weight is 337 g/mol. The zero-order valence-corrected chi connectivity index (χ0v) is 14.2. The molecule has 1 aromatic rings. The lowest BCUT2D eigenvalue weighted by atomic mass is 9.82. The van der Waals surface area contributed by atoms with Crippen LogP contribution in [-0.2, 0) is 14.6 Å². The number of carbonyl (C=O) groups is 1. The second-order valence-electron chi connectivity index (χ2n) is 6.80. The van der Waals surface area contributed by atoms with Crippen molar-refractivity contribution in [3.8, 4) is 0 Å². The van der Waals surface area contributed by atoms with Crippen LogP contribution in [0.5, 0.6) is 0 Å². The number of aliphatic hydroxyl groups is 1. The fourth-order valence-electron chi connectivity index (χ4n) is 3.71. The summed E-state index contributed by atoms with van der Waals surface area (Å²) in [6, 6.07) is 6.39. The predicted molar refractivity (Wildman–Crippen MR) is 86.7 cm³/mol. The molecule has 0 radical (unpaired) electrons. The molecule has 1 amide bonds. The van der Waals surface area contributed by atoms with Crippen molar-refractivity contribution < 1.29 is 18.3 Å². The maximum absolute atomic E-state index is 12.6. The molecule has 23 heavy (non-hydrogen) atoms. The Kier molecular flexibility index (Phi) is 4.23. The maximum Gasteiger partial charge on any atom is 0.225 e. The Labute approximate surface area is 137 Å². The van der Waals surface area contributed by atoms with Gasteiger partial charge in [0.15, 0.2) is 9.84 Å². The third-order valence-electron chi connectivity index (χ3n) is 5.12. The van der Waals surface area contributed by atoms with Gasteiger partial charge in [-0.2, -0.15) is 0 Å². The molecule has 1 heterocycles. The lowest BCUT2D eigenvalue weighted by Crippen LogP contribution is -2.40. The molecular formula is C17H23NO4S. The molecule has 1 atom stereocenters. The zero-order valence-electron chi connectivity index (χ0n) is 13.4. The Balaban J connectivity index is 1.78. The smallest absolute Gasteiger partial charge is 0.225 e.